The van der Waals surface area contributed by atoms with Crippen LogP contribution in [0.15, 0.2) is 18.2 Å². The van der Waals surface area contributed by atoms with E-state index in [-0.39, 0.29) is 11.7 Å². The fraction of sp³-hybridized carbons (Fsp3) is 0.533. The van der Waals surface area contributed by atoms with Gasteiger partial charge in [0, 0.05) is 49.9 Å². The third-order valence-electron chi connectivity index (χ3n) is 3.65. The molecule has 1 saturated heterocycles. The van der Waals surface area contributed by atoms with Crippen LogP contribution in [0.1, 0.15) is 12.5 Å². The topological polar surface area (TPSA) is 35.6 Å². The molecule has 1 aromatic carbocycles. The highest BCUT2D eigenvalue weighted by atomic mass is 35.5. The summed E-state index contributed by atoms with van der Waals surface area (Å²) >= 11 is 6.05. The van der Waals surface area contributed by atoms with E-state index < -0.39 is 0 Å². The van der Waals surface area contributed by atoms with Crippen molar-refractivity contribution < 1.29 is 9.18 Å². The number of nitrogens with zero attached hydrogens (tertiary/aromatic N) is 2. The fourth-order valence-corrected chi connectivity index (χ4v) is 2.69. The first-order valence-electron chi connectivity index (χ1n) is 7.24. The summed E-state index contributed by atoms with van der Waals surface area (Å²) in [5, 5.41) is 3.27. The van der Waals surface area contributed by atoms with Crippen molar-refractivity contribution in [2.24, 2.45) is 0 Å². The summed E-state index contributed by atoms with van der Waals surface area (Å²) in [4.78, 5) is 15.8. The molecule has 0 saturated carbocycles. The molecule has 1 fully saturated rings. The number of carbonyl (C=O) groups excluding carboxylic acids is 1. The molecule has 2 rings (SSSR count). The minimum atomic E-state index is -0.257. The Bertz CT molecular complexity index is 470. The van der Waals surface area contributed by atoms with E-state index in [1.54, 1.807) is 12.1 Å². The number of benzene rings is 1. The molecule has 0 aromatic heterocycles. The number of piperazine rings is 1. The second-order valence-electron chi connectivity index (χ2n) is 5.21. The number of carbonyl (C=O) groups is 1. The average Bonchev–Trinajstić information content (AvgIpc) is 2.45. The van der Waals surface area contributed by atoms with Crippen LogP contribution >= 0.6 is 11.6 Å². The van der Waals surface area contributed by atoms with Gasteiger partial charge in [0.1, 0.15) is 5.82 Å². The van der Waals surface area contributed by atoms with E-state index in [1.807, 2.05) is 6.92 Å². The quantitative estimate of drug-likeness (QED) is 0.899. The minimum absolute atomic E-state index is 0.0584. The molecule has 1 aromatic rings. The maximum absolute atomic E-state index is 13.8. The molecule has 0 bridgehead atoms. The zero-order valence-electron chi connectivity index (χ0n) is 12.2. The largest absolute Gasteiger partial charge is 0.355 e. The molecule has 0 aliphatic carbocycles. The SMILES string of the molecule is CCNC(=O)CN1CCN(Cc2c(F)cccc2Cl)CC1. The second-order valence-corrected chi connectivity index (χ2v) is 5.61. The van der Waals surface area contributed by atoms with Crippen LogP contribution in [-0.4, -0.2) is 55.0 Å². The van der Waals surface area contributed by atoms with E-state index in [2.05, 4.69) is 15.1 Å². The van der Waals surface area contributed by atoms with Gasteiger partial charge in [-0.1, -0.05) is 17.7 Å². The van der Waals surface area contributed by atoms with Gasteiger partial charge in [-0.25, -0.2) is 4.39 Å². The first-order chi connectivity index (χ1) is 10.1. The maximum atomic E-state index is 13.8. The normalized spacial score (nSPS) is 16.9. The molecule has 1 aliphatic heterocycles. The highest BCUT2D eigenvalue weighted by molar-refractivity contribution is 6.31. The minimum Gasteiger partial charge on any atom is -0.355 e. The fourth-order valence-electron chi connectivity index (χ4n) is 2.47. The first kappa shape index (κ1) is 16.2. The lowest BCUT2D eigenvalue weighted by Gasteiger charge is -2.34. The summed E-state index contributed by atoms with van der Waals surface area (Å²) < 4.78 is 13.8. The van der Waals surface area contributed by atoms with Crippen molar-refractivity contribution in [1.82, 2.24) is 15.1 Å². The number of likely N-dealkylation sites (N-methyl/N-ethyl adjacent to an activating group) is 1. The number of halogens is 2. The Kier molecular flexibility index (Phi) is 5.96. The van der Waals surface area contributed by atoms with E-state index in [0.717, 1.165) is 26.2 Å². The summed E-state index contributed by atoms with van der Waals surface area (Å²) in [5.74, 6) is -0.199. The zero-order valence-corrected chi connectivity index (χ0v) is 13.0. The molecule has 0 radical (unpaired) electrons. The average molecular weight is 314 g/mol. The lowest BCUT2D eigenvalue weighted by molar-refractivity contribution is -0.122. The summed E-state index contributed by atoms with van der Waals surface area (Å²) in [6.45, 7) is 6.75. The molecule has 1 amide bonds. The summed E-state index contributed by atoms with van der Waals surface area (Å²) in [6.07, 6.45) is 0. The Labute approximate surface area is 129 Å². The molecule has 21 heavy (non-hydrogen) atoms. The van der Waals surface area contributed by atoms with E-state index in [0.29, 0.717) is 30.2 Å². The van der Waals surface area contributed by atoms with Gasteiger partial charge < -0.3 is 5.32 Å². The highest BCUT2D eigenvalue weighted by Gasteiger charge is 2.20. The van der Waals surface area contributed by atoms with Gasteiger partial charge in [0.25, 0.3) is 0 Å². The van der Waals surface area contributed by atoms with Gasteiger partial charge >= 0.3 is 0 Å². The van der Waals surface area contributed by atoms with Crippen molar-refractivity contribution in [3.05, 3.63) is 34.6 Å². The van der Waals surface area contributed by atoms with Crippen molar-refractivity contribution >= 4 is 17.5 Å². The predicted molar refractivity (Wildman–Crippen MR) is 81.8 cm³/mol. The van der Waals surface area contributed by atoms with Gasteiger partial charge in [0.05, 0.1) is 6.54 Å². The number of rotatable bonds is 5. The van der Waals surface area contributed by atoms with Crippen molar-refractivity contribution in [1.29, 1.82) is 0 Å². The number of nitrogens with one attached hydrogen (secondary N) is 1. The number of hydrogen-bond acceptors (Lipinski definition) is 3. The smallest absolute Gasteiger partial charge is 0.234 e. The molecule has 4 nitrogen and oxygen atoms in total. The van der Waals surface area contributed by atoms with E-state index in [9.17, 15) is 9.18 Å². The molecule has 0 unspecified atom stereocenters. The van der Waals surface area contributed by atoms with Crippen LogP contribution in [0.4, 0.5) is 4.39 Å². The zero-order chi connectivity index (χ0) is 15.2. The second kappa shape index (κ2) is 7.73. The summed E-state index contributed by atoms with van der Waals surface area (Å²) in [5.41, 5.74) is 0.552. The molecule has 116 valence electrons. The van der Waals surface area contributed by atoms with Gasteiger partial charge in [-0.05, 0) is 19.1 Å². The summed E-state index contributed by atoms with van der Waals surface area (Å²) in [6, 6.07) is 4.77. The molecular weight excluding hydrogens is 293 g/mol. The van der Waals surface area contributed by atoms with Crippen LogP contribution in [-0.2, 0) is 11.3 Å². The Hall–Kier alpha value is -1.17. The maximum Gasteiger partial charge on any atom is 0.234 e. The molecule has 1 heterocycles. The third kappa shape index (κ3) is 4.66. The molecular formula is C15H21ClFN3O. The Morgan fingerprint density at radius 3 is 2.57 bits per heavy atom. The van der Waals surface area contributed by atoms with Crippen LogP contribution in [0.25, 0.3) is 0 Å². The summed E-state index contributed by atoms with van der Waals surface area (Å²) in [7, 11) is 0. The lowest BCUT2D eigenvalue weighted by Crippen LogP contribution is -2.49. The number of amides is 1. The van der Waals surface area contributed by atoms with E-state index in [4.69, 9.17) is 11.6 Å². The van der Waals surface area contributed by atoms with Gasteiger partial charge in [-0.2, -0.15) is 0 Å². The molecule has 0 spiro atoms. The van der Waals surface area contributed by atoms with Crippen molar-refractivity contribution in [2.75, 3.05) is 39.3 Å². The van der Waals surface area contributed by atoms with Gasteiger partial charge in [0.15, 0.2) is 0 Å². The highest BCUT2D eigenvalue weighted by Crippen LogP contribution is 2.21. The predicted octanol–water partition coefficient (Wildman–Crippen LogP) is 1.73. The third-order valence-corrected chi connectivity index (χ3v) is 4.00. The Balaban J connectivity index is 1.83. The van der Waals surface area contributed by atoms with Gasteiger partial charge in [-0.15, -0.1) is 0 Å². The Morgan fingerprint density at radius 1 is 1.29 bits per heavy atom. The first-order valence-corrected chi connectivity index (χ1v) is 7.62. The van der Waals surface area contributed by atoms with Crippen LogP contribution in [0.3, 0.4) is 0 Å². The van der Waals surface area contributed by atoms with Crippen molar-refractivity contribution in [3.8, 4) is 0 Å². The standard InChI is InChI=1S/C15H21ClFN3O/c1-2-18-15(21)11-20-8-6-19(7-9-20)10-12-13(16)4-3-5-14(12)17/h3-5H,2,6-11H2,1H3,(H,18,21). The monoisotopic (exact) mass is 313 g/mol. The van der Waals surface area contributed by atoms with Crippen LogP contribution in [0.5, 0.6) is 0 Å². The van der Waals surface area contributed by atoms with E-state index >= 15 is 0 Å². The molecule has 1 aliphatic rings. The van der Waals surface area contributed by atoms with E-state index in [1.165, 1.54) is 6.07 Å². The van der Waals surface area contributed by atoms with Crippen LogP contribution < -0.4 is 5.32 Å². The van der Waals surface area contributed by atoms with Crippen molar-refractivity contribution in [3.63, 3.8) is 0 Å². The lowest BCUT2D eigenvalue weighted by atomic mass is 10.2. The van der Waals surface area contributed by atoms with Crippen molar-refractivity contribution in [2.45, 2.75) is 13.5 Å². The van der Waals surface area contributed by atoms with Gasteiger partial charge in [0.2, 0.25) is 5.91 Å². The molecule has 6 heteroatoms. The number of hydrogen-bond donors (Lipinski definition) is 1. The molecule has 0 atom stereocenters. The van der Waals surface area contributed by atoms with Gasteiger partial charge in [-0.3, -0.25) is 14.6 Å². The molecule has 1 N–H and O–H groups in total. The van der Waals surface area contributed by atoms with Crippen LogP contribution in [0, 0.1) is 5.82 Å². The Morgan fingerprint density at radius 2 is 1.95 bits per heavy atom. The van der Waals surface area contributed by atoms with Crippen LogP contribution in [0.2, 0.25) is 5.02 Å².